The summed E-state index contributed by atoms with van der Waals surface area (Å²) in [6.45, 7) is 4.97. The maximum Gasteiger partial charge on any atom is 0.272 e. The zero-order chi connectivity index (χ0) is 21.1. The molecule has 1 aromatic heterocycles. The predicted molar refractivity (Wildman–Crippen MR) is 115 cm³/mol. The molecule has 7 heteroatoms. The Hall–Kier alpha value is -2.67. The number of fused-ring (bicyclic) bond motifs is 1. The molecule has 1 fully saturated rings. The summed E-state index contributed by atoms with van der Waals surface area (Å²) in [5.41, 5.74) is 9.51. The minimum atomic E-state index is -0.179. The Kier molecular flexibility index (Phi) is 6.18. The van der Waals surface area contributed by atoms with Crippen LogP contribution in [0.15, 0.2) is 30.3 Å². The molecule has 1 aliphatic carbocycles. The van der Waals surface area contributed by atoms with Gasteiger partial charge in [0.15, 0.2) is 5.69 Å². The molecule has 0 bridgehead atoms. The number of hydrogen-bond donors (Lipinski definition) is 2. The van der Waals surface area contributed by atoms with Crippen molar-refractivity contribution in [3.05, 3.63) is 52.8 Å². The molecule has 1 aromatic carbocycles. The monoisotopic (exact) mass is 409 g/mol. The fourth-order valence-corrected chi connectivity index (χ4v) is 4.84. The van der Waals surface area contributed by atoms with Crippen LogP contribution in [0.3, 0.4) is 0 Å². The van der Waals surface area contributed by atoms with Crippen molar-refractivity contribution in [2.45, 2.75) is 51.6 Å². The topological polar surface area (TPSA) is 93.2 Å². The molecule has 30 heavy (non-hydrogen) atoms. The predicted octanol–water partition coefficient (Wildman–Crippen LogP) is 1.74. The number of rotatable bonds is 6. The van der Waals surface area contributed by atoms with Crippen molar-refractivity contribution >= 4 is 11.8 Å². The van der Waals surface area contributed by atoms with Gasteiger partial charge in [-0.05, 0) is 57.7 Å². The van der Waals surface area contributed by atoms with Gasteiger partial charge in [0, 0.05) is 29.8 Å². The number of amides is 2. The van der Waals surface area contributed by atoms with Crippen LogP contribution in [0, 0.1) is 5.92 Å². The van der Waals surface area contributed by atoms with E-state index >= 15 is 0 Å². The summed E-state index contributed by atoms with van der Waals surface area (Å²) in [7, 11) is 0. The van der Waals surface area contributed by atoms with E-state index in [9.17, 15) is 9.59 Å². The van der Waals surface area contributed by atoms with E-state index in [1.165, 1.54) is 11.3 Å². The Morgan fingerprint density at radius 1 is 1.17 bits per heavy atom. The Morgan fingerprint density at radius 2 is 1.90 bits per heavy atom. The van der Waals surface area contributed by atoms with E-state index in [4.69, 9.17) is 10.8 Å². The molecular weight excluding hydrogens is 378 g/mol. The molecule has 7 nitrogen and oxygen atoms in total. The molecule has 1 atom stereocenters. The Balaban J connectivity index is 1.55. The van der Waals surface area contributed by atoms with E-state index in [1.807, 2.05) is 29.8 Å². The highest BCUT2D eigenvalue weighted by molar-refractivity contribution is 5.94. The van der Waals surface area contributed by atoms with E-state index in [-0.39, 0.29) is 17.7 Å². The number of carbonyl (C=O) groups excluding carboxylic acids is 2. The first-order chi connectivity index (χ1) is 14.6. The molecule has 2 aliphatic rings. The lowest BCUT2D eigenvalue weighted by Crippen LogP contribution is -2.46. The zero-order valence-electron chi connectivity index (χ0n) is 17.6. The molecule has 2 aromatic rings. The van der Waals surface area contributed by atoms with Gasteiger partial charge in [-0.3, -0.25) is 19.2 Å². The van der Waals surface area contributed by atoms with Crippen LogP contribution in [0.5, 0.6) is 0 Å². The van der Waals surface area contributed by atoms with Crippen molar-refractivity contribution < 1.29 is 9.59 Å². The number of nitrogens with zero attached hydrogens (tertiary/aromatic N) is 3. The third-order valence-electron chi connectivity index (χ3n) is 6.50. The first-order valence-electron chi connectivity index (χ1n) is 11.0. The van der Waals surface area contributed by atoms with Gasteiger partial charge in [0.25, 0.3) is 5.91 Å². The largest absolute Gasteiger partial charge is 0.369 e. The number of nitrogens with one attached hydrogen (secondary N) is 1. The molecule has 1 saturated heterocycles. The fourth-order valence-electron chi connectivity index (χ4n) is 4.84. The van der Waals surface area contributed by atoms with Crippen LogP contribution in [0.4, 0.5) is 0 Å². The average molecular weight is 410 g/mol. The van der Waals surface area contributed by atoms with Crippen LogP contribution in [-0.4, -0.2) is 52.2 Å². The highest BCUT2D eigenvalue weighted by Crippen LogP contribution is 2.30. The Morgan fingerprint density at radius 3 is 2.57 bits per heavy atom. The summed E-state index contributed by atoms with van der Waals surface area (Å²) < 4.78 is 2.02. The van der Waals surface area contributed by atoms with Gasteiger partial charge >= 0.3 is 0 Å². The van der Waals surface area contributed by atoms with Gasteiger partial charge < -0.3 is 11.1 Å². The number of benzene rings is 1. The normalized spacial score (nSPS) is 20.0. The van der Waals surface area contributed by atoms with Gasteiger partial charge in [-0.1, -0.05) is 30.3 Å². The fraction of sp³-hybridized carbons (Fsp3) is 0.522. The molecule has 2 heterocycles. The van der Waals surface area contributed by atoms with Gasteiger partial charge in [-0.15, -0.1) is 0 Å². The van der Waals surface area contributed by atoms with Crippen LogP contribution in [0.2, 0.25) is 0 Å². The van der Waals surface area contributed by atoms with Crippen LogP contribution < -0.4 is 11.1 Å². The lowest BCUT2D eigenvalue weighted by molar-refractivity contribution is -0.123. The van der Waals surface area contributed by atoms with E-state index in [2.05, 4.69) is 22.3 Å². The van der Waals surface area contributed by atoms with Crippen LogP contribution in [0.1, 0.15) is 53.5 Å². The Labute approximate surface area is 177 Å². The second kappa shape index (κ2) is 9.00. The SMILES string of the molecule is CCNC(=O)c1nn(Cc2ccccc2)c2c1C[C@@H](N1CCC(C(N)=O)CC1)CC2. The third kappa shape index (κ3) is 4.26. The Bertz CT molecular complexity index is 900. The van der Waals surface area contributed by atoms with Gasteiger partial charge in [-0.25, -0.2) is 0 Å². The zero-order valence-corrected chi connectivity index (χ0v) is 17.6. The average Bonchev–Trinajstić information content (AvgIpc) is 3.12. The number of likely N-dealkylation sites (tertiary alicyclic amines) is 1. The summed E-state index contributed by atoms with van der Waals surface area (Å²) in [5.74, 6) is -0.269. The summed E-state index contributed by atoms with van der Waals surface area (Å²) in [6, 6.07) is 10.6. The number of hydrogen-bond acceptors (Lipinski definition) is 4. The first kappa shape index (κ1) is 20.6. The van der Waals surface area contributed by atoms with Crippen molar-refractivity contribution in [2.24, 2.45) is 11.7 Å². The smallest absolute Gasteiger partial charge is 0.272 e. The first-order valence-corrected chi connectivity index (χ1v) is 11.0. The standard InChI is InChI=1S/C23H31N5O2/c1-2-25-23(30)21-19-14-18(27-12-10-17(11-13-27)22(24)29)8-9-20(19)28(26-21)15-16-6-4-3-5-7-16/h3-7,17-18H,2,8-15H2,1H3,(H2,24,29)(H,25,30)/t18-/m0/s1. The molecule has 0 unspecified atom stereocenters. The number of nitrogens with two attached hydrogens (primary N) is 1. The quantitative estimate of drug-likeness (QED) is 0.760. The summed E-state index contributed by atoms with van der Waals surface area (Å²) in [4.78, 5) is 26.7. The van der Waals surface area contributed by atoms with E-state index in [0.717, 1.165) is 50.8 Å². The summed E-state index contributed by atoms with van der Waals surface area (Å²) in [6.07, 6.45) is 4.45. The van der Waals surface area contributed by atoms with Gasteiger partial charge in [-0.2, -0.15) is 5.10 Å². The third-order valence-corrected chi connectivity index (χ3v) is 6.50. The van der Waals surface area contributed by atoms with E-state index in [0.29, 0.717) is 24.8 Å². The van der Waals surface area contributed by atoms with E-state index in [1.54, 1.807) is 0 Å². The highest BCUT2D eigenvalue weighted by atomic mass is 16.2. The maximum absolute atomic E-state index is 12.7. The van der Waals surface area contributed by atoms with Gasteiger partial charge in [0.2, 0.25) is 5.91 Å². The summed E-state index contributed by atoms with van der Waals surface area (Å²) >= 11 is 0. The lowest BCUT2D eigenvalue weighted by atomic mass is 9.87. The maximum atomic E-state index is 12.7. The molecule has 0 radical (unpaired) electrons. The van der Waals surface area contributed by atoms with Gasteiger partial charge in [0.05, 0.1) is 6.54 Å². The molecule has 3 N–H and O–H groups in total. The minimum Gasteiger partial charge on any atom is -0.369 e. The minimum absolute atomic E-state index is 0.0000768. The molecule has 2 amide bonds. The number of aromatic nitrogens is 2. The van der Waals surface area contributed by atoms with Crippen molar-refractivity contribution in [3.63, 3.8) is 0 Å². The van der Waals surface area contributed by atoms with Crippen molar-refractivity contribution in [1.29, 1.82) is 0 Å². The second-order valence-electron chi connectivity index (χ2n) is 8.39. The van der Waals surface area contributed by atoms with Crippen molar-refractivity contribution in [2.75, 3.05) is 19.6 Å². The van der Waals surface area contributed by atoms with Crippen molar-refractivity contribution in [3.8, 4) is 0 Å². The van der Waals surface area contributed by atoms with E-state index < -0.39 is 0 Å². The van der Waals surface area contributed by atoms with Gasteiger partial charge in [0.1, 0.15) is 0 Å². The molecular formula is C23H31N5O2. The van der Waals surface area contributed by atoms with Crippen LogP contribution in [-0.2, 0) is 24.2 Å². The van der Waals surface area contributed by atoms with Crippen LogP contribution >= 0.6 is 0 Å². The molecule has 160 valence electrons. The second-order valence-corrected chi connectivity index (χ2v) is 8.39. The molecule has 1 aliphatic heterocycles. The lowest BCUT2D eigenvalue weighted by Gasteiger charge is -2.38. The summed E-state index contributed by atoms with van der Waals surface area (Å²) in [5, 5.41) is 7.67. The highest BCUT2D eigenvalue weighted by Gasteiger charge is 2.34. The molecule has 0 spiro atoms. The molecule has 0 saturated carbocycles. The number of piperidine rings is 1. The van der Waals surface area contributed by atoms with Crippen molar-refractivity contribution in [1.82, 2.24) is 20.0 Å². The number of carbonyl (C=O) groups is 2. The van der Waals surface area contributed by atoms with Crippen LogP contribution in [0.25, 0.3) is 0 Å². The molecule has 4 rings (SSSR count). The number of primary amides is 1.